The third-order valence-electron chi connectivity index (χ3n) is 20.2. The van der Waals surface area contributed by atoms with Crippen LogP contribution in [0.4, 0.5) is 0 Å². The van der Waals surface area contributed by atoms with Gasteiger partial charge in [-0.15, -0.1) is 0 Å². The molecule has 8 N–H and O–H groups in total. The monoisotopic (exact) mass is 1290 g/mol. The highest BCUT2D eigenvalue weighted by molar-refractivity contribution is 5.55. The molecule has 10 atom stereocenters. The molecule has 1 heterocycles. The predicted molar refractivity (Wildman–Crippen MR) is 388 cm³/mol. The standard InChI is InChI=1S/C88H82N4O6/c93-79-75(90-86(66-43-19-4-20-44-66,67-45-21-5-22-46-67)68-47-23-6-24-48-68)61-76(91-87(69-49-25-7-26-50-69,70-51-27-8-28-52-70)71-53-29-9-30-54-71)83(82(79)96)98-84-78(92-88(72-55-31-10-32-56-72,73-57-33-11-34-58-73)74-59-35-12-36-60-74)81(95)80(94)77(97-84)62-89-85(63-37-13-1-14-38-63,64-39-15-2-16-40-64)65-41-17-3-18-42-65/h1-60,75-84,89-96H,61-62H2/t75-,76+,77-,78-,79+,80-,81-,82-,83-,84-/m1/s1. The van der Waals surface area contributed by atoms with Crippen LogP contribution >= 0.6 is 0 Å². The number of hydrogen-bond acceptors (Lipinski definition) is 10. The minimum Gasteiger partial charge on any atom is -0.389 e. The van der Waals surface area contributed by atoms with E-state index >= 15 is 0 Å². The average molecular weight is 1290 g/mol. The summed E-state index contributed by atoms with van der Waals surface area (Å²) in [6, 6.07) is 120. The molecule has 2 fully saturated rings. The highest BCUT2D eigenvalue weighted by Gasteiger charge is 2.56. The highest BCUT2D eigenvalue weighted by atomic mass is 16.7. The van der Waals surface area contributed by atoms with E-state index in [0.717, 1.165) is 66.8 Å². The number of aliphatic hydroxyl groups excluding tert-OH is 4. The Morgan fingerprint density at radius 2 is 0.510 bits per heavy atom. The molecule has 1 saturated carbocycles. The van der Waals surface area contributed by atoms with Gasteiger partial charge in [-0.1, -0.05) is 364 Å². The maximum atomic E-state index is 13.9. The van der Waals surface area contributed by atoms with Gasteiger partial charge in [-0.3, -0.25) is 21.3 Å². The predicted octanol–water partition coefficient (Wildman–Crippen LogP) is 13.4. The molecule has 98 heavy (non-hydrogen) atoms. The zero-order valence-electron chi connectivity index (χ0n) is 54.4. The highest BCUT2D eigenvalue weighted by Crippen LogP contribution is 2.46. The Hall–Kier alpha value is -9.76. The van der Waals surface area contributed by atoms with Crippen molar-refractivity contribution in [2.24, 2.45) is 0 Å². The van der Waals surface area contributed by atoms with Gasteiger partial charge in [0.25, 0.3) is 0 Å². The van der Waals surface area contributed by atoms with Gasteiger partial charge in [-0.25, -0.2) is 0 Å². The molecule has 14 rings (SSSR count). The maximum absolute atomic E-state index is 13.9. The number of aliphatic hydroxyl groups is 4. The van der Waals surface area contributed by atoms with Crippen molar-refractivity contribution in [2.45, 2.75) is 89.6 Å². The molecule has 12 aromatic rings. The molecule has 0 spiro atoms. The van der Waals surface area contributed by atoms with Crippen LogP contribution in [0.2, 0.25) is 0 Å². The number of nitrogens with one attached hydrogen (secondary N) is 4. The molecule has 0 radical (unpaired) electrons. The molecule has 490 valence electrons. The van der Waals surface area contributed by atoms with Crippen LogP contribution in [0.5, 0.6) is 0 Å². The van der Waals surface area contributed by atoms with Gasteiger partial charge in [0.05, 0.1) is 34.3 Å². The molecule has 2 aliphatic rings. The Morgan fingerprint density at radius 1 is 0.276 bits per heavy atom. The molecule has 12 aromatic carbocycles. The van der Waals surface area contributed by atoms with E-state index in [-0.39, 0.29) is 13.0 Å². The van der Waals surface area contributed by atoms with Crippen molar-refractivity contribution in [1.29, 1.82) is 0 Å². The summed E-state index contributed by atoms with van der Waals surface area (Å²) in [6.45, 7) is -0.00607. The summed E-state index contributed by atoms with van der Waals surface area (Å²) in [6.07, 6.45) is -10.0. The Balaban J connectivity index is 0.956. The normalized spacial score (nSPS) is 21.4. The molecular weight excluding hydrogens is 1210 g/mol. The van der Waals surface area contributed by atoms with Gasteiger partial charge in [0.15, 0.2) is 6.29 Å². The van der Waals surface area contributed by atoms with Crippen LogP contribution in [0.3, 0.4) is 0 Å². The van der Waals surface area contributed by atoms with Crippen LogP contribution in [-0.2, 0) is 31.6 Å². The summed E-state index contributed by atoms with van der Waals surface area (Å²) >= 11 is 0. The Morgan fingerprint density at radius 3 is 0.776 bits per heavy atom. The van der Waals surface area contributed by atoms with E-state index in [0.29, 0.717) is 0 Å². The van der Waals surface area contributed by atoms with Gasteiger partial charge in [-0.2, -0.15) is 0 Å². The van der Waals surface area contributed by atoms with Crippen molar-refractivity contribution in [2.75, 3.05) is 6.54 Å². The van der Waals surface area contributed by atoms with Gasteiger partial charge in [0, 0.05) is 18.6 Å². The van der Waals surface area contributed by atoms with Crippen LogP contribution in [0, 0.1) is 0 Å². The van der Waals surface area contributed by atoms with Crippen molar-refractivity contribution >= 4 is 0 Å². The van der Waals surface area contributed by atoms with Gasteiger partial charge in [-0.05, 0) is 73.2 Å². The third kappa shape index (κ3) is 12.6. The van der Waals surface area contributed by atoms with E-state index in [1.807, 2.05) is 218 Å². The summed E-state index contributed by atoms with van der Waals surface area (Å²) in [7, 11) is 0. The van der Waals surface area contributed by atoms with Crippen molar-refractivity contribution in [1.82, 2.24) is 21.3 Å². The molecule has 0 bridgehead atoms. The number of benzene rings is 12. The van der Waals surface area contributed by atoms with Gasteiger partial charge in [0.2, 0.25) is 0 Å². The van der Waals surface area contributed by atoms with E-state index in [1.54, 1.807) is 0 Å². The quantitative estimate of drug-likeness (QED) is 0.0291. The Bertz CT molecular complexity index is 4000. The molecule has 1 aliphatic carbocycles. The smallest absolute Gasteiger partial charge is 0.176 e. The number of rotatable bonds is 23. The SMILES string of the molecule is O[C@@H]1[C@@H](O)[C@H](NC(c2ccccc2)(c2ccccc2)c2ccccc2)C[C@H](NC(c2ccccc2)(c2ccccc2)c2ccccc2)[C@H]1O[C@H]1O[C@H](CNC(c2ccccc2)(c2ccccc2)c2ccccc2)[C@@H](O)[C@H](O)[C@H]1NC(c1ccccc1)(c1ccccc1)c1ccccc1. The van der Waals surface area contributed by atoms with Crippen LogP contribution in [0.15, 0.2) is 364 Å². The van der Waals surface area contributed by atoms with Gasteiger partial charge >= 0.3 is 0 Å². The lowest BCUT2D eigenvalue weighted by Crippen LogP contribution is -2.72. The summed E-state index contributed by atoms with van der Waals surface area (Å²) in [5, 5.41) is 70.7. The van der Waals surface area contributed by atoms with Crippen molar-refractivity contribution in [3.05, 3.63) is 431 Å². The first-order valence-electron chi connectivity index (χ1n) is 34.0. The fourth-order valence-corrected chi connectivity index (χ4v) is 15.6. The first-order chi connectivity index (χ1) is 48.2. The van der Waals surface area contributed by atoms with E-state index < -0.39 is 83.2 Å². The Kier molecular flexibility index (Phi) is 19.7. The van der Waals surface area contributed by atoms with Crippen LogP contribution in [0.25, 0.3) is 0 Å². The lowest BCUT2D eigenvalue weighted by atomic mass is 9.72. The van der Waals surface area contributed by atoms with Crippen LogP contribution in [-0.4, -0.2) is 88.0 Å². The topological polar surface area (TPSA) is 148 Å². The molecule has 1 aliphatic heterocycles. The average Bonchev–Trinajstić information content (AvgIpc) is 0.743. The molecular formula is C88H82N4O6. The molecule has 10 heteroatoms. The van der Waals surface area contributed by atoms with E-state index in [2.05, 4.69) is 167 Å². The van der Waals surface area contributed by atoms with Crippen molar-refractivity contribution < 1.29 is 29.9 Å². The second kappa shape index (κ2) is 29.5. The summed E-state index contributed by atoms with van der Waals surface area (Å²) in [5.41, 5.74) is 6.48. The Labute approximate surface area is 574 Å². The first kappa shape index (κ1) is 65.5. The van der Waals surface area contributed by atoms with Gasteiger partial charge < -0.3 is 29.9 Å². The zero-order valence-corrected chi connectivity index (χ0v) is 54.4. The van der Waals surface area contributed by atoms with Crippen LogP contribution in [0.1, 0.15) is 73.2 Å². The van der Waals surface area contributed by atoms with E-state index in [9.17, 15) is 20.4 Å². The molecule has 1 saturated heterocycles. The van der Waals surface area contributed by atoms with Gasteiger partial charge in [0.1, 0.15) is 30.5 Å². The first-order valence-corrected chi connectivity index (χ1v) is 34.0. The summed E-state index contributed by atoms with van der Waals surface area (Å²) in [5.74, 6) is 0. The minimum atomic E-state index is -1.65. The molecule has 10 nitrogen and oxygen atoms in total. The van der Waals surface area contributed by atoms with Crippen LogP contribution < -0.4 is 21.3 Å². The summed E-state index contributed by atoms with van der Waals surface area (Å²) in [4.78, 5) is 0. The maximum Gasteiger partial charge on any atom is 0.176 e. The second-order valence-corrected chi connectivity index (χ2v) is 25.8. The number of ether oxygens (including phenoxy) is 2. The van der Waals surface area contributed by atoms with Crippen molar-refractivity contribution in [3.8, 4) is 0 Å². The van der Waals surface area contributed by atoms with Crippen molar-refractivity contribution in [3.63, 3.8) is 0 Å². The molecule has 0 amide bonds. The third-order valence-corrected chi connectivity index (χ3v) is 20.2. The molecule has 0 unspecified atom stereocenters. The molecule has 0 aromatic heterocycles. The fourth-order valence-electron chi connectivity index (χ4n) is 15.6. The van der Waals surface area contributed by atoms with E-state index in [1.165, 1.54) is 0 Å². The summed E-state index contributed by atoms with van der Waals surface area (Å²) < 4.78 is 15.4. The van der Waals surface area contributed by atoms with E-state index in [4.69, 9.17) is 9.47 Å². The fraction of sp³-hybridized carbons (Fsp3) is 0.182. The number of hydrogen-bond donors (Lipinski definition) is 8. The second-order valence-electron chi connectivity index (χ2n) is 25.8. The lowest BCUT2D eigenvalue weighted by molar-refractivity contribution is -0.297. The lowest BCUT2D eigenvalue weighted by Gasteiger charge is -2.53. The zero-order chi connectivity index (χ0) is 66.8. The largest absolute Gasteiger partial charge is 0.389 e. The minimum absolute atomic E-state index is 0.00607.